The van der Waals surface area contributed by atoms with Gasteiger partial charge in [-0.05, 0) is 19.4 Å². The van der Waals surface area contributed by atoms with Gasteiger partial charge in [-0.25, -0.2) is 9.67 Å². The number of fused-ring (bicyclic) bond motifs is 1. The second-order valence-corrected chi connectivity index (χ2v) is 5.78. The number of aromatic nitrogens is 3. The van der Waals surface area contributed by atoms with E-state index in [2.05, 4.69) is 10.1 Å². The topological polar surface area (TPSA) is 30.7 Å². The summed E-state index contributed by atoms with van der Waals surface area (Å²) in [4.78, 5) is 4.49. The van der Waals surface area contributed by atoms with E-state index in [9.17, 15) is 13.2 Å². The molecule has 2 heterocycles. The molecular formula is C18H18F3N3. The van der Waals surface area contributed by atoms with Crippen molar-refractivity contribution in [3.63, 3.8) is 0 Å². The Morgan fingerprint density at radius 2 is 1.83 bits per heavy atom. The second-order valence-electron chi connectivity index (χ2n) is 5.78. The SMILES string of the molecule is CCCCn1nc(C)c2c(C(F)(F)F)cc(-c3ccccc3)nc21. The lowest BCUT2D eigenvalue weighted by molar-refractivity contribution is -0.136. The van der Waals surface area contributed by atoms with Crippen LogP contribution in [0.4, 0.5) is 13.2 Å². The van der Waals surface area contributed by atoms with Crippen LogP contribution in [-0.2, 0) is 12.7 Å². The minimum absolute atomic E-state index is 0.0956. The van der Waals surface area contributed by atoms with Crippen LogP contribution >= 0.6 is 0 Å². The fraction of sp³-hybridized carbons (Fsp3) is 0.333. The smallest absolute Gasteiger partial charge is 0.247 e. The highest BCUT2D eigenvalue weighted by molar-refractivity contribution is 5.85. The first-order chi connectivity index (χ1) is 11.4. The van der Waals surface area contributed by atoms with Crippen molar-refractivity contribution >= 4 is 11.0 Å². The Balaban J connectivity index is 2.28. The summed E-state index contributed by atoms with van der Waals surface area (Å²) in [7, 11) is 0. The van der Waals surface area contributed by atoms with Crippen LogP contribution in [0.1, 0.15) is 31.0 Å². The Morgan fingerprint density at radius 1 is 1.12 bits per heavy atom. The maximum atomic E-state index is 13.6. The van der Waals surface area contributed by atoms with Crippen molar-refractivity contribution in [1.82, 2.24) is 14.8 Å². The Bertz CT molecular complexity index is 851. The molecule has 0 aliphatic heterocycles. The van der Waals surface area contributed by atoms with Gasteiger partial charge in [0.25, 0.3) is 0 Å². The van der Waals surface area contributed by atoms with Crippen LogP contribution in [0.25, 0.3) is 22.3 Å². The van der Waals surface area contributed by atoms with Gasteiger partial charge in [0.15, 0.2) is 5.65 Å². The largest absolute Gasteiger partial charge is 0.417 e. The Morgan fingerprint density at radius 3 is 2.46 bits per heavy atom. The first-order valence-corrected chi connectivity index (χ1v) is 7.92. The van der Waals surface area contributed by atoms with E-state index in [1.807, 2.05) is 13.0 Å². The molecule has 0 saturated heterocycles. The molecule has 3 rings (SSSR count). The van der Waals surface area contributed by atoms with E-state index in [4.69, 9.17) is 0 Å². The maximum absolute atomic E-state index is 13.6. The highest BCUT2D eigenvalue weighted by atomic mass is 19.4. The number of benzene rings is 1. The van der Waals surface area contributed by atoms with Gasteiger partial charge in [0.2, 0.25) is 0 Å². The van der Waals surface area contributed by atoms with E-state index in [1.54, 1.807) is 35.9 Å². The van der Waals surface area contributed by atoms with Crippen molar-refractivity contribution in [1.29, 1.82) is 0 Å². The van der Waals surface area contributed by atoms with Crippen molar-refractivity contribution in [2.24, 2.45) is 0 Å². The standard InChI is InChI=1S/C18H18F3N3/c1-3-4-10-24-17-16(12(2)23-24)14(18(19,20)21)11-15(22-17)13-8-6-5-7-9-13/h5-9,11H,3-4,10H2,1-2H3. The summed E-state index contributed by atoms with van der Waals surface area (Å²) >= 11 is 0. The van der Waals surface area contributed by atoms with E-state index < -0.39 is 11.7 Å². The number of rotatable bonds is 4. The molecule has 6 heteroatoms. The Hall–Kier alpha value is -2.37. The molecule has 24 heavy (non-hydrogen) atoms. The van der Waals surface area contributed by atoms with Crippen LogP contribution in [0.2, 0.25) is 0 Å². The lowest BCUT2D eigenvalue weighted by Crippen LogP contribution is -2.08. The van der Waals surface area contributed by atoms with Crippen LogP contribution in [0.5, 0.6) is 0 Å². The molecule has 0 N–H and O–H groups in total. The van der Waals surface area contributed by atoms with Gasteiger partial charge in [0, 0.05) is 12.1 Å². The van der Waals surface area contributed by atoms with Gasteiger partial charge in [-0.2, -0.15) is 18.3 Å². The molecule has 0 spiro atoms. The van der Waals surface area contributed by atoms with Crippen molar-refractivity contribution in [3.8, 4) is 11.3 Å². The number of nitrogens with zero attached hydrogens (tertiary/aromatic N) is 3. The Labute approximate surface area is 138 Å². The summed E-state index contributed by atoms with van der Waals surface area (Å²) in [6, 6.07) is 10.0. The van der Waals surface area contributed by atoms with Gasteiger partial charge in [0.05, 0.1) is 22.3 Å². The molecular weight excluding hydrogens is 315 g/mol. The molecule has 0 bridgehead atoms. The van der Waals surface area contributed by atoms with Gasteiger partial charge in [-0.3, -0.25) is 0 Å². The van der Waals surface area contributed by atoms with Gasteiger partial charge < -0.3 is 0 Å². The summed E-state index contributed by atoms with van der Waals surface area (Å²) in [5.74, 6) is 0. The van der Waals surface area contributed by atoms with Crippen LogP contribution in [0.3, 0.4) is 0 Å². The zero-order valence-corrected chi connectivity index (χ0v) is 13.6. The lowest BCUT2D eigenvalue weighted by atomic mass is 10.1. The summed E-state index contributed by atoms with van der Waals surface area (Å²) in [6.45, 7) is 4.19. The van der Waals surface area contributed by atoms with E-state index >= 15 is 0 Å². The average molecular weight is 333 g/mol. The third-order valence-electron chi connectivity index (χ3n) is 3.98. The number of aryl methyl sites for hydroxylation is 2. The monoisotopic (exact) mass is 333 g/mol. The van der Waals surface area contributed by atoms with Crippen LogP contribution < -0.4 is 0 Å². The third-order valence-corrected chi connectivity index (χ3v) is 3.98. The van der Waals surface area contributed by atoms with E-state index in [-0.39, 0.29) is 5.39 Å². The highest BCUT2D eigenvalue weighted by Gasteiger charge is 2.35. The minimum atomic E-state index is -4.45. The molecule has 3 nitrogen and oxygen atoms in total. The fourth-order valence-corrected chi connectivity index (χ4v) is 2.80. The molecule has 0 amide bonds. The third kappa shape index (κ3) is 3.00. The van der Waals surface area contributed by atoms with Crippen molar-refractivity contribution in [3.05, 3.63) is 47.7 Å². The van der Waals surface area contributed by atoms with Crippen molar-refractivity contribution in [2.45, 2.75) is 39.4 Å². The molecule has 0 aliphatic carbocycles. The molecule has 0 saturated carbocycles. The second kappa shape index (κ2) is 6.26. The number of hydrogen-bond donors (Lipinski definition) is 0. The molecule has 3 aromatic rings. The van der Waals surface area contributed by atoms with Gasteiger partial charge in [-0.1, -0.05) is 43.7 Å². The van der Waals surface area contributed by atoms with Crippen molar-refractivity contribution < 1.29 is 13.2 Å². The summed E-state index contributed by atoms with van der Waals surface area (Å²) < 4.78 is 42.4. The summed E-state index contributed by atoms with van der Waals surface area (Å²) in [5, 5.41) is 4.39. The van der Waals surface area contributed by atoms with E-state index in [0.29, 0.717) is 29.1 Å². The molecule has 0 unspecified atom stereocenters. The lowest BCUT2D eigenvalue weighted by Gasteiger charge is -2.11. The highest BCUT2D eigenvalue weighted by Crippen LogP contribution is 2.38. The Kier molecular flexibility index (Phi) is 4.30. The minimum Gasteiger partial charge on any atom is -0.247 e. The van der Waals surface area contributed by atoms with Gasteiger partial charge in [0.1, 0.15) is 0 Å². The number of halogens is 3. The number of alkyl halides is 3. The predicted molar refractivity (Wildman–Crippen MR) is 87.6 cm³/mol. The van der Waals surface area contributed by atoms with Crippen LogP contribution in [-0.4, -0.2) is 14.8 Å². The van der Waals surface area contributed by atoms with Crippen molar-refractivity contribution in [2.75, 3.05) is 0 Å². The zero-order valence-electron chi connectivity index (χ0n) is 13.6. The summed E-state index contributed by atoms with van der Waals surface area (Å²) in [5.41, 5.74) is 0.959. The van der Waals surface area contributed by atoms with Crippen LogP contribution in [0, 0.1) is 6.92 Å². The summed E-state index contributed by atoms with van der Waals surface area (Å²) in [6.07, 6.45) is -2.67. The normalized spacial score (nSPS) is 12.0. The molecule has 0 aliphatic rings. The molecule has 1 aromatic carbocycles. The number of hydrogen-bond acceptors (Lipinski definition) is 2. The number of unbranched alkanes of at least 4 members (excludes halogenated alkanes) is 1. The fourth-order valence-electron chi connectivity index (χ4n) is 2.80. The predicted octanol–water partition coefficient (Wildman–Crippen LogP) is 5.23. The van der Waals surface area contributed by atoms with E-state index in [0.717, 1.165) is 18.9 Å². The molecule has 0 fully saturated rings. The average Bonchev–Trinajstić information content (AvgIpc) is 2.88. The zero-order chi connectivity index (χ0) is 17.3. The van der Waals surface area contributed by atoms with Gasteiger partial charge in [-0.15, -0.1) is 0 Å². The van der Waals surface area contributed by atoms with Crippen LogP contribution in [0.15, 0.2) is 36.4 Å². The van der Waals surface area contributed by atoms with E-state index in [1.165, 1.54) is 0 Å². The molecule has 0 atom stereocenters. The first-order valence-electron chi connectivity index (χ1n) is 7.92. The molecule has 2 aromatic heterocycles. The number of pyridine rings is 1. The first kappa shape index (κ1) is 16.5. The molecule has 0 radical (unpaired) electrons. The quantitative estimate of drug-likeness (QED) is 0.655. The maximum Gasteiger partial charge on any atom is 0.417 e. The van der Waals surface area contributed by atoms with Gasteiger partial charge >= 0.3 is 6.18 Å². The molecule has 126 valence electrons.